The van der Waals surface area contributed by atoms with E-state index >= 15 is 0 Å². The maximum atomic E-state index is 12.7. The van der Waals surface area contributed by atoms with E-state index in [-0.39, 0.29) is 12.0 Å². The molecule has 138 valence electrons. The molecule has 1 fully saturated rings. The molecule has 0 bridgehead atoms. The summed E-state index contributed by atoms with van der Waals surface area (Å²) in [4.78, 5) is 18.6. The lowest BCUT2D eigenvalue weighted by atomic mass is 10.2. The number of hydrogen-bond acceptors (Lipinski definition) is 4. The van der Waals surface area contributed by atoms with Crippen LogP contribution in [-0.4, -0.2) is 41.1 Å². The highest BCUT2D eigenvalue weighted by Gasteiger charge is 2.30. The van der Waals surface area contributed by atoms with Crippen molar-refractivity contribution in [2.45, 2.75) is 39.1 Å². The van der Waals surface area contributed by atoms with Crippen LogP contribution in [0.4, 0.5) is 0 Å². The predicted molar refractivity (Wildman–Crippen MR) is 103 cm³/mol. The topological polar surface area (TPSA) is 51.7 Å². The molecule has 0 saturated carbocycles. The lowest BCUT2D eigenvalue weighted by Gasteiger charge is -2.22. The van der Waals surface area contributed by atoms with Gasteiger partial charge in [0, 0.05) is 25.5 Å². The number of carbonyl (C=O) groups excluding carboxylic acids is 1. The molecular formula is C20H23BrN2O3. The highest BCUT2D eigenvalue weighted by molar-refractivity contribution is 9.10. The van der Waals surface area contributed by atoms with Gasteiger partial charge in [-0.3, -0.25) is 9.78 Å². The highest BCUT2D eigenvalue weighted by atomic mass is 79.9. The van der Waals surface area contributed by atoms with E-state index < -0.39 is 6.10 Å². The van der Waals surface area contributed by atoms with Crippen LogP contribution in [0.15, 0.2) is 47.2 Å². The number of aromatic nitrogens is 1. The maximum absolute atomic E-state index is 12.7. The van der Waals surface area contributed by atoms with Gasteiger partial charge in [-0.05, 0) is 65.5 Å². The number of amides is 1. The van der Waals surface area contributed by atoms with Gasteiger partial charge in [-0.25, -0.2) is 0 Å². The van der Waals surface area contributed by atoms with Gasteiger partial charge in [-0.2, -0.15) is 0 Å². The van der Waals surface area contributed by atoms with E-state index in [9.17, 15) is 4.79 Å². The van der Waals surface area contributed by atoms with Crippen molar-refractivity contribution in [3.05, 3.63) is 58.3 Å². The third-order valence-corrected chi connectivity index (χ3v) is 5.02. The molecule has 1 aromatic carbocycles. The molecule has 1 saturated heterocycles. The van der Waals surface area contributed by atoms with Crippen LogP contribution in [0.3, 0.4) is 0 Å². The highest BCUT2D eigenvalue weighted by Crippen LogP contribution is 2.27. The van der Waals surface area contributed by atoms with Gasteiger partial charge in [0.05, 0.1) is 17.2 Å². The van der Waals surface area contributed by atoms with Gasteiger partial charge in [0.2, 0.25) is 0 Å². The summed E-state index contributed by atoms with van der Waals surface area (Å²) in [5, 5.41) is 0. The number of hydrogen-bond donors (Lipinski definition) is 0. The van der Waals surface area contributed by atoms with Crippen molar-refractivity contribution in [3.63, 3.8) is 0 Å². The largest absolute Gasteiger partial charge is 0.480 e. The van der Waals surface area contributed by atoms with Crippen LogP contribution in [-0.2, 0) is 16.1 Å². The van der Waals surface area contributed by atoms with E-state index in [2.05, 4.69) is 20.9 Å². The Morgan fingerprint density at radius 1 is 1.42 bits per heavy atom. The van der Waals surface area contributed by atoms with Crippen LogP contribution in [0.2, 0.25) is 0 Å². The second kappa shape index (κ2) is 8.64. The van der Waals surface area contributed by atoms with Crippen LogP contribution in [0.5, 0.6) is 5.75 Å². The number of likely N-dealkylation sites (tertiary alicyclic amines) is 1. The molecule has 1 aliphatic rings. The Hall–Kier alpha value is -1.92. The fourth-order valence-corrected chi connectivity index (χ4v) is 3.55. The predicted octanol–water partition coefficient (Wildman–Crippen LogP) is 3.74. The molecule has 26 heavy (non-hydrogen) atoms. The van der Waals surface area contributed by atoms with Gasteiger partial charge in [-0.1, -0.05) is 12.1 Å². The fourth-order valence-electron chi connectivity index (χ4n) is 2.96. The third kappa shape index (κ3) is 4.83. The van der Waals surface area contributed by atoms with Crippen molar-refractivity contribution in [2.24, 2.45) is 0 Å². The number of carbonyl (C=O) groups is 1. The summed E-state index contributed by atoms with van der Waals surface area (Å²) < 4.78 is 12.6. The van der Waals surface area contributed by atoms with Gasteiger partial charge in [-0.15, -0.1) is 0 Å². The zero-order chi connectivity index (χ0) is 18.5. The Kier molecular flexibility index (Phi) is 6.27. The smallest absolute Gasteiger partial charge is 0.263 e. The molecule has 1 aliphatic heterocycles. The number of ether oxygens (including phenoxy) is 2. The van der Waals surface area contributed by atoms with Crippen molar-refractivity contribution in [1.82, 2.24) is 9.88 Å². The molecular weight excluding hydrogens is 396 g/mol. The minimum atomic E-state index is -0.536. The number of halogens is 1. The van der Waals surface area contributed by atoms with Crippen LogP contribution >= 0.6 is 15.9 Å². The summed E-state index contributed by atoms with van der Waals surface area (Å²) in [5.74, 6) is 0.671. The first-order valence-electron chi connectivity index (χ1n) is 8.75. The van der Waals surface area contributed by atoms with Gasteiger partial charge < -0.3 is 14.4 Å². The summed E-state index contributed by atoms with van der Waals surface area (Å²) in [6, 6.07) is 9.71. The summed E-state index contributed by atoms with van der Waals surface area (Å²) >= 11 is 3.49. The molecule has 2 heterocycles. The van der Waals surface area contributed by atoms with Gasteiger partial charge >= 0.3 is 0 Å². The molecule has 0 spiro atoms. The Morgan fingerprint density at radius 3 is 3.00 bits per heavy atom. The molecule has 2 atom stereocenters. The number of pyridine rings is 1. The van der Waals surface area contributed by atoms with Gasteiger partial charge in [0.15, 0.2) is 6.10 Å². The number of rotatable bonds is 6. The molecule has 1 amide bonds. The second-order valence-electron chi connectivity index (χ2n) is 6.56. The molecule has 0 aliphatic carbocycles. The van der Waals surface area contributed by atoms with Crippen molar-refractivity contribution >= 4 is 21.8 Å². The van der Waals surface area contributed by atoms with Crippen LogP contribution in [0, 0.1) is 6.92 Å². The fraction of sp³-hybridized carbons (Fsp3) is 0.400. The first-order chi connectivity index (χ1) is 12.5. The van der Waals surface area contributed by atoms with Crippen molar-refractivity contribution < 1.29 is 14.3 Å². The van der Waals surface area contributed by atoms with Crippen molar-refractivity contribution in [3.8, 4) is 5.75 Å². The number of aryl methyl sites for hydroxylation is 1. The van der Waals surface area contributed by atoms with Crippen molar-refractivity contribution in [2.75, 3.05) is 13.1 Å². The Bertz CT molecular complexity index is 754. The monoisotopic (exact) mass is 418 g/mol. The first kappa shape index (κ1) is 18.9. The number of benzene rings is 1. The average molecular weight is 419 g/mol. The van der Waals surface area contributed by atoms with E-state index in [1.54, 1.807) is 19.3 Å². The Morgan fingerprint density at radius 2 is 2.27 bits per heavy atom. The van der Waals surface area contributed by atoms with Crippen LogP contribution in [0.25, 0.3) is 0 Å². The van der Waals surface area contributed by atoms with Crippen LogP contribution in [0.1, 0.15) is 24.5 Å². The summed E-state index contributed by atoms with van der Waals surface area (Å²) in [6.07, 6.45) is 3.90. The van der Waals surface area contributed by atoms with E-state index in [1.165, 1.54) is 0 Å². The summed E-state index contributed by atoms with van der Waals surface area (Å²) in [6.45, 7) is 5.61. The molecule has 0 radical (unpaired) electrons. The van der Waals surface area contributed by atoms with Gasteiger partial charge in [0.25, 0.3) is 5.91 Å². The van der Waals surface area contributed by atoms with E-state index in [0.29, 0.717) is 25.4 Å². The SMILES string of the molecule is Cc1ccc(O[C@@H](C)C(=O)N2CC[C@H](OCc3cccnc3)C2)c(Br)c1. The summed E-state index contributed by atoms with van der Waals surface area (Å²) in [7, 11) is 0. The van der Waals surface area contributed by atoms with E-state index in [1.807, 2.05) is 42.2 Å². The molecule has 6 heteroatoms. The Labute approximate surface area is 162 Å². The first-order valence-corrected chi connectivity index (χ1v) is 9.54. The molecule has 5 nitrogen and oxygen atoms in total. The van der Waals surface area contributed by atoms with Crippen molar-refractivity contribution in [1.29, 1.82) is 0 Å². The minimum absolute atomic E-state index is 0.00930. The second-order valence-corrected chi connectivity index (χ2v) is 7.42. The van der Waals surface area contributed by atoms with E-state index in [4.69, 9.17) is 9.47 Å². The Balaban J connectivity index is 1.50. The minimum Gasteiger partial charge on any atom is -0.480 e. The normalized spacial score (nSPS) is 18.0. The zero-order valence-corrected chi connectivity index (χ0v) is 16.6. The van der Waals surface area contributed by atoms with Crippen LogP contribution < -0.4 is 4.74 Å². The standard InChI is InChI=1S/C20H23BrN2O3/c1-14-5-6-19(18(21)10-14)26-15(2)20(24)23-9-7-17(12-23)25-13-16-4-3-8-22-11-16/h3-6,8,10-11,15,17H,7,9,12-13H2,1-2H3/t15-,17-/m0/s1. The quantitative estimate of drug-likeness (QED) is 0.716. The average Bonchev–Trinajstić information content (AvgIpc) is 3.11. The van der Waals surface area contributed by atoms with Gasteiger partial charge in [0.1, 0.15) is 5.75 Å². The molecule has 3 rings (SSSR count). The number of nitrogens with zero attached hydrogens (tertiary/aromatic N) is 2. The van der Waals surface area contributed by atoms with E-state index in [0.717, 1.165) is 22.0 Å². The molecule has 1 aromatic heterocycles. The summed E-state index contributed by atoms with van der Waals surface area (Å²) in [5.41, 5.74) is 2.18. The third-order valence-electron chi connectivity index (χ3n) is 4.40. The lowest BCUT2D eigenvalue weighted by molar-refractivity contribution is -0.137. The molecule has 2 aromatic rings. The zero-order valence-electron chi connectivity index (χ0n) is 15.0. The lowest BCUT2D eigenvalue weighted by Crippen LogP contribution is -2.39. The molecule has 0 unspecified atom stereocenters. The molecule has 0 N–H and O–H groups in total. The maximum Gasteiger partial charge on any atom is 0.263 e.